The van der Waals surface area contributed by atoms with Crippen molar-refractivity contribution in [3.63, 3.8) is 0 Å². The summed E-state index contributed by atoms with van der Waals surface area (Å²) in [4.78, 5) is 12.8. The van der Waals surface area contributed by atoms with Crippen LogP contribution >= 0.6 is 15.9 Å². The molecular weight excluding hydrogens is 334 g/mol. The van der Waals surface area contributed by atoms with E-state index in [1.54, 1.807) is 12.5 Å². The molecule has 0 aliphatic rings. The first-order valence-corrected chi connectivity index (χ1v) is 7.23. The summed E-state index contributed by atoms with van der Waals surface area (Å²) in [6.07, 6.45) is 3.41. The molecule has 0 bridgehead atoms. The number of hydrogen-bond donors (Lipinski definition) is 2. The van der Waals surface area contributed by atoms with Gasteiger partial charge in [0.25, 0.3) is 0 Å². The largest absolute Gasteiger partial charge is 0.394 e. The fourth-order valence-corrected chi connectivity index (χ4v) is 2.51. The maximum absolute atomic E-state index is 9.60. The molecule has 1 atom stereocenters. The van der Waals surface area contributed by atoms with Gasteiger partial charge in [-0.2, -0.15) is 4.98 Å². The number of rotatable bonds is 4. The van der Waals surface area contributed by atoms with E-state index in [2.05, 4.69) is 36.2 Å². The van der Waals surface area contributed by atoms with Crippen molar-refractivity contribution in [2.45, 2.75) is 6.04 Å². The van der Waals surface area contributed by atoms with Crippen molar-refractivity contribution in [1.29, 1.82) is 0 Å². The predicted octanol–water partition coefficient (Wildman–Crippen LogP) is 2.27. The number of hydrogen-bond acceptors (Lipinski definition) is 5. The lowest BCUT2D eigenvalue weighted by atomic mass is 10.1. The number of aliphatic hydroxyl groups is 1. The van der Waals surface area contributed by atoms with Crippen molar-refractivity contribution in [2.75, 3.05) is 11.9 Å². The lowest BCUT2D eigenvalue weighted by molar-refractivity contribution is 0.276. The first kappa shape index (κ1) is 14.0. The van der Waals surface area contributed by atoms with Gasteiger partial charge in [0.1, 0.15) is 5.52 Å². The second-order valence-electron chi connectivity index (χ2n) is 4.69. The molecule has 1 unspecified atom stereocenters. The second-order valence-corrected chi connectivity index (χ2v) is 5.61. The fraction of sp³-hybridized carbons (Fsp3) is 0.214. The Kier molecular flexibility index (Phi) is 3.85. The molecule has 2 N–H and O–H groups in total. The third-order valence-corrected chi connectivity index (χ3v) is 3.71. The number of imidazole rings is 1. The van der Waals surface area contributed by atoms with E-state index in [9.17, 15) is 5.11 Å². The Hall–Kier alpha value is -1.99. The summed E-state index contributed by atoms with van der Waals surface area (Å²) >= 11 is 3.43. The van der Waals surface area contributed by atoms with Crippen LogP contribution in [-0.2, 0) is 7.05 Å². The second kappa shape index (κ2) is 5.79. The third-order valence-electron chi connectivity index (χ3n) is 3.22. The van der Waals surface area contributed by atoms with Gasteiger partial charge in [0.2, 0.25) is 5.95 Å². The highest BCUT2D eigenvalue weighted by molar-refractivity contribution is 9.10. The molecule has 21 heavy (non-hydrogen) atoms. The van der Waals surface area contributed by atoms with Crippen molar-refractivity contribution in [2.24, 2.45) is 7.05 Å². The Morgan fingerprint density at radius 2 is 2.24 bits per heavy atom. The van der Waals surface area contributed by atoms with Crippen LogP contribution in [0.2, 0.25) is 0 Å². The average molecular weight is 348 g/mol. The van der Waals surface area contributed by atoms with E-state index < -0.39 is 0 Å². The topological polar surface area (TPSA) is 75.9 Å². The minimum absolute atomic E-state index is 0.0555. The Bertz CT molecular complexity index is 773. The van der Waals surface area contributed by atoms with E-state index in [1.807, 2.05) is 35.9 Å². The molecule has 0 fully saturated rings. The number of aliphatic hydroxyl groups excluding tert-OH is 1. The number of anilines is 1. The summed E-state index contributed by atoms with van der Waals surface area (Å²) in [5.41, 5.74) is 2.45. The summed E-state index contributed by atoms with van der Waals surface area (Å²) in [5, 5.41) is 12.7. The summed E-state index contributed by atoms with van der Waals surface area (Å²) in [7, 11) is 1.89. The molecule has 0 radical (unpaired) electrons. The molecule has 0 saturated carbocycles. The number of benzene rings is 1. The van der Waals surface area contributed by atoms with Gasteiger partial charge in [0.05, 0.1) is 25.2 Å². The number of aryl methyl sites for hydroxylation is 1. The lowest BCUT2D eigenvalue weighted by Crippen LogP contribution is -2.16. The van der Waals surface area contributed by atoms with Crippen molar-refractivity contribution in [3.05, 3.63) is 46.8 Å². The summed E-state index contributed by atoms with van der Waals surface area (Å²) in [6.45, 7) is -0.0555. The first-order valence-electron chi connectivity index (χ1n) is 6.44. The van der Waals surface area contributed by atoms with Gasteiger partial charge in [-0.3, -0.25) is 0 Å². The SMILES string of the molecule is Cn1cnc2nc(NC(CO)c3cccc(Br)c3)ncc21. The Balaban J connectivity index is 1.88. The van der Waals surface area contributed by atoms with Gasteiger partial charge < -0.3 is 15.0 Å². The Morgan fingerprint density at radius 3 is 3.00 bits per heavy atom. The lowest BCUT2D eigenvalue weighted by Gasteiger charge is -2.16. The molecule has 0 aliphatic carbocycles. The molecule has 0 aliphatic heterocycles. The van der Waals surface area contributed by atoms with Crippen LogP contribution in [0.15, 0.2) is 41.3 Å². The highest BCUT2D eigenvalue weighted by Crippen LogP contribution is 2.21. The van der Waals surface area contributed by atoms with Crippen LogP contribution in [0.4, 0.5) is 5.95 Å². The number of fused-ring (bicyclic) bond motifs is 1. The zero-order chi connectivity index (χ0) is 14.8. The van der Waals surface area contributed by atoms with Crippen LogP contribution in [0.5, 0.6) is 0 Å². The molecule has 7 heteroatoms. The maximum Gasteiger partial charge on any atom is 0.225 e. The minimum Gasteiger partial charge on any atom is -0.394 e. The van der Waals surface area contributed by atoms with E-state index in [0.717, 1.165) is 15.6 Å². The molecule has 0 spiro atoms. The monoisotopic (exact) mass is 347 g/mol. The van der Waals surface area contributed by atoms with Gasteiger partial charge in [-0.25, -0.2) is 9.97 Å². The van der Waals surface area contributed by atoms with E-state index in [4.69, 9.17) is 0 Å². The maximum atomic E-state index is 9.60. The van der Waals surface area contributed by atoms with Gasteiger partial charge in [-0.15, -0.1) is 0 Å². The molecule has 0 saturated heterocycles. The van der Waals surface area contributed by atoms with E-state index in [0.29, 0.717) is 11.6 Å². The average Bonchev–Trinajstić information content (AvgIpc) is 2.86. The molecular formula is C14H14BrN5O. The number of nitrogens with one attached hydrogen (secondary N) is 1. The van der Waals surface area contributed by atoms with Crippen LogP contribution in [0.1, 0.15) is 11.6 Å². The third kappa shape index (κ3) is 2.88. The van der Waals surface area contributed by atoms with Crippen LogP contribution in [0.25, 0.3) is 11.2 Å². The predicted molar refractivity (Wildman–Crippen MR) is 83.9 cm³/mol. The molecule has 6 nitrogen and oxygen atoms in total. The highest BCUT2D eigenvalue weighted by Gasteiger charge is 2.13. The van der Waals surface area contributed by atoms with Crippen LogP contribution < -0.4 is 5.32 Å². The number of aromatic nitrogens is 4. The molecule has 2 aromatic heterocycles. The van der Waals surface area contributed by atoms with Gasteiger partial charge in [0.15, 0.2) is 5.65 Å². The van der Waals surface area contributed by atoms with Crippen LogP contribution in [-0.4, -0.2) is 31.2 Å². The fourth-order valence-electron chi connectivity index (χ4n) is 2.10. The molecule has 1 aromatic carbocycles. The van der Waals surface area contributed by atoms with Crippen molar-refractivity contribution >= 4 is 33.0 Å². The molecule has 0 amide bonds. The summed E-state index contributed by atoms with van der Waals surface area (Å²) in [5.74, 6) is 0.445. The van der Waals surface area contributed by atoms with Crippen molar-refractivity contribution < 1.29 is 5.11 Å². The minimum atomic E-state index is -0.274. The zero-order valence-corrected chi connectivity index (χ0v) is 12.9. The van der Waals surface area contributed by atoms with Crippen LogP contribution in [0, 0.1) is 0 Å². The van der Waals surface area contributed by atoms with E-state index >= 15 is 0 Å². The van der Waals surface area contributed by atoms with E-state index in [1.165, 1.54) is 0 Å². The van der Waals surface area contributed by atoms with Gasteiger partial charge in [0, 0.05) is 11.5 Å². The Labute approximate surface area is 130 Å². The summed E-state index contributed by atoms with van der Waals surface area (Å²) < 4.78 is 2.82. The molecule has 3 rings (SSSR count). The quantitative estimate of drug-likeness (QED) is 0.757. The normalized spacial score (nSPS) is 12.5. The zero-order valence-electron chi connectivity index (χ0n) is 11.4. The van der Waals surface area contributed by atoms with Crippen molar-refractivity contribution in [1.82, 2.24) is 19.5 Å². The van der Waals surface area contributed by atoms with Gasteiger partial charge in [-0.1, -0.05) is 28.1 Å². The van der Waals surface area contributed by atoms with Gasteiger partial charge >= 0.3 is 0 Å². The molecule has 108 valence electrons. The van der Waals surface area contributed by atoms with E-state index in [-0.39, 0.29) is 12.6 Å². The summed E-state index contributed by atoms with van der Waals surface area (Å²) in [6, 6.07) is 7.48. The van der Waals surface area contributed by atoms with Crippen LogP contribution in [0.3, 0.4) is 0 Å². The van der Waals surface area contributed by atoms with Crippen molar-refractivity contribution in [3.8, 4) is 0 Å². The van der Waals surface area contributed by atoms with Gasteiger partial charge in [-0.05, 0) is 17.7 Å². The first-order chi connectivity index (χ1) is 10.2. The Morgan fingerprint density at radius 1 is 1.38 bits per heavy atom. The highest BCUT2D eigenvalue weighted by atomic mass is 79.9. The number of nitrogens with zero attached hydrogens (tertiary/aromatic N) is 4. The number of halogens is 1. The molecule has 2 heterocycles. The molecule has 3 aromatic rings. The standard InChI is InChI=1S/C14H14BrN5O/c1-20-8-17-13-12(20)6-16-14(19-13)18-11(7-21)9-3-2-4-10(15)5-9/h2-6,8,11,21H,7H2,1H3,(H,16,18,19). The smallest absolute Gasteiger partial charge is 0.225 e.